The number of carbonyl (C=O) groups is 1. The minimum atomic E-state index is -3.46. The van der Waals surface area contributed by atoms with Crippen molar-refractivity contribution in [2.45, 2.75) is 31.4 Å². The molecular weight excluding hydrogens is 290 g/mol. The molecule has 0 unspecified atom stereocenters. The molecule has 0 bridgehead atoms. The number of aliphatic carboxylic acids is 1. The van der Waals surface area contributed by atoms with E-state index in [4.69, 9.17) is 5.73 Å². The van der Waals surface area contributed by atoms with Crippen molar-refractivity contribution in [1.82, 2.24) is 0 Å². The van der Waals surface area contributed by atoms with E-state index in [1.807, 2.05) is 31.2 Å². The van der Waals surface area contributed by atoms with Gasteiger partial charge in [-0.3, -0.25) is 4.79 Å². The second-order valence-electron chi connectivity index (χ2n) is 5.49. The monoisotopic (exact) mass is 311 g/mol. The van der Waals surface area contributed by atoms with Crippen LogP contribution in [0.4, 0.5) is 0 Å². The van der Waals surface area contributed by atoms with Crippen molar-refractivity contribution < 1.29 is 18.3 Å². The Hall–Kier alpha value is -1.40. The fourth-order valence-electron chi connectivity index (χ4n) is 3.13. The number of nitrogens with two attached hydrogens (primary N) is 1. The predicted molar refractivity (Wildman–Crippen MR) is 80.9 cm³/mol. The van der Waals surface area contributed by atoms with Gasteiger partial charge in [0.25, 0.3) is 0 Å². The van der Waals surface area contributed by atoms with Crippen LogP contribution < -0.4 is 5.73 Å². The van der Waals surface area contributed by atoms with Crippen molar-refractivity contribution in [3.05, 3.63) is 35.4 Å². The Morgan fingerprint density at radius 1 is 1.29 bits per heavy atom. The van der Waals surface area contributed by atoms with Gasteiger partial charge in [0.15, 0.2) is 9.84 Å². The van der Waals surface area contributed by atoms with Crippen LogP contribution in [0.2, 0.25) is 0 Å². The first-order valence-electron chi connectivity index (χ1n) is 7.09. The van der Waals surface area contributed by atoms with Gasteiger partial charge in [-0.25, -0.2) is 8.42 Å². The van der Waals surface area contributed by atoms with Gasteiger partial charge in [0.1, 0.15) is 5.41 Å². The molecule has 0 spiro atoms. The molecule has 1 aliphatic carbocycles. The van der Waals surface area contributed by atoms with E-state index in [0.717, 1.165) is 17.5 Å². The number of carboxylic acids is 1. The van der Waals surface area contributed by atoms with Gasteiger partial charge in [-0.2, -0.15) is 0 Å². The zero-order valence-electron chi connectivity index (χ0n) is 12.2. The van der Waals surface area contributed by atoms with Crippen molar-refractivity contribution in [3.63, 3.8) is 0 Å². The summed E-state index contributed by atoms with van der Waals surface area (Å²) in [6.07, 6.45) is 0.878. The normalized spacial score (nSPS) is 28.3. The smallest absolute Gasteiger partial charge is 0.312 e. The quantitative estimate of drug-likeness (QED) is 0.822. The number of hydrogen-bond acceptors (Lipinski definition) is 4. The number of benzene rings is 1. The van der Waals surface area contributed by atoms with Crippen molar-refractivity contribution in [2.24, 2.45) is 11.1 Å². The van der Waals surface area contributed by atoms with Crippen LogP contribution in [0.15, 0.2) is 24.3 Å². The zero-order valence-corrected chi connectivity index (χ0v) is 13.1. The van der Waals surface area contributed by atoms with E-state index < -0.39 is 32.4 Å². The molecule has 116 valence electrons. The second kappa shape index (κ2) is 5.42. The summed E-state index contributed by atoms with van der Waals surface area (Å²) >= 11 is 0. The maximum Gasteiger partial charge on any atom is 0.312 e. The molecule has 1 aromatic carbocycles. The molecule has 3 N–H and O–H groups in total. The standard InChI is InChI=1S/C15H21NO4S/c1-3-10-5-7-11(8-6-10)12-13(21(19,20)4-2)15(12,9-16)14(17)18/h5-8,12-13H,3-4,9,16H2,1-2H3,(H,17,18)/t12-,13+,15-/m0/s1. The van der Waals surface area contributed by atoms with Gasteiger partial charge in [0, 0.05) is 18.2 Å². The summed E-state index contributed by atoms with van der Waals surface area (Å²) in [6.45, 7) is 3.39. The SMILES string of the molecule is CCc1ccc([C@H]2[C@@H](S(=O)(=O)CC)[C@@]2(CN)C(=O)O)cc1. The number of hydrogen-bond donors (Lipinski definition) is 2. The molecule has 0 amide bonds. The van der Waals surface area contributed by atoms with Crippen molar-refractivity contribution in [3.8, 4) is 0 Å². The second-order valence-corrected chi connectivity index (χ2v) is 7.91. The summed E-state index contributed by atoms with van der Waals surface area (Å²) in [5.41, 5.74) is 6.13. The first-order chi connectivity index (χ1) is 9.85. The maximum atomic E-state index is 12.2. The van der Waals surface area contributed by atoms with Crippen LogP contribution in [0.25, 0.3) is 0 Å². The van der Waals surface area contributed by atoms with Gasteiger partial charge in [-0.1, -0.05) is 38.1 Å². The molecule has 1 aliphatic rings. The Bertz CT molecular complexity index is 638. The molecule has 21 heavy (non-hydrogen) atoms. The lowest BCUT2D eigenvalue weighted by atomic mass is 9.98. The molecule has 0 aromatic heterocycles. The molecule has 0 aliphatic heterocycles. The van der Waals surface area contributed by atoms with E-state index in [0.29, 0.717) is 0 Å². The van der Waals surface area contributed by atoms with E-state index in [1.165, 1.54) is 6.92 Å². The molecule has 0 heterocycles. The van der Waals surface area contributed by atoms with Crippen LogP contribution in [-0.4, -0.2) is 37.0 Å². The van der Waals surface area contributed by atoms with E-state index in [-0.39, 0.29) is 12.3 Å². The van der Waals surface area contributed by atoms with Gasteiger partial charge >= 0.3 is 5.97 Å². The number of sulfone groups is 1. The van der Waals surface area contributed by atoms with Gasteiger partial charge in [0.2, 0.25) is 0 Å². The van der Waals surface area contributed by atoms with Crippen molar-refractivity contribution in [2.75, 3.05) is 12.3 Å². The van der Waals surface area contributed by atoms with Gasteiger partial charge in [-0.15, -0.1) is 0 Å². The predicted octanol–water partition coefficient (Wildman–Crippen LogP) is 1.18. The average molecular weight is 311 g/mol. The highest BCUT2D eigenvalue weighted by molar-refractivity contribution is 7.92. The fourth-order valence-corrected chi connectivity index (χ4v) is 5.21. The fraction of sp³-hybridized carbons (Fsp3) is 0.533. The van der Waals surface area contributed by atoms with E-state index >= 15 is 0 Å². The first kappa shape index (κ1) is 16.0. The Labute approximate surface area is 125 Å². The highest BCUT2D eigenvalue weighted by Crippen LogP contribution is 2.62. The molecular formula is C15H21NO4S. The maximum absolute atomic E-state index is 12.2. The van der Waals surface area contributed by atoms with Gasteiger partial charge in [0.05, 0.1) is 5.25 Å². The molecule has 2 rings (SSSR count). The topological polar surface area (TPSA) is 97.5 Å². The van der Waals surface area contributed by atoms with Gasteiger partial charge in [-0.05, 0) is 17.5 Å². The van der Waals surface area contributed by atoms with Crippen LogP contribution in [0, 0.1) is 5.41 Å². The first-order valence-corrected chi connectivity index (χ1v) is 8.80. The van der Waals surface area contributed by atoms with E-state index in [1.54, 1.807) is 0 Å². The molecule has 0 saturated heterocycles. The molecule has 0 radical (unpaired) electrons. The molecule has 1 aromatic rings. The van der Waals surface area contributed by atoms with Crippen molar-refractivity contribution in [1.29, 1.82) is 0 Å². The van der Waals surface area contributed by atoms with Crippen LogP contribution in [0.1, 0.15) is 30.9 Å². The average Bonchev–Trinajstić information content (AvgIpc) is 3.19. The summed E-state index contributed by atoms with van der Waals surface area (Å²) in [6, 6.07) is 7.46. The Morgan fingerprint density at radius 2 is 1.86 bits per heavy atom. The minimum absolute atomic E-state index is 0.0732. The third-order valence-electron chi connectivity index (χ3n) is 4.53. The molecule has 3 atom stereocenters. The zero-order chi connectivity index (χ0) is 15.8. The summed E-state index contributed by atoms with van der Waals surface area (Å²) in [7, 11) is -3.46. The molecule has 1 fully saturated rings. The van der Waals surface area contributed by atoms with Crippen LogP contribution in [-0.2, 0) is 21.1 Å². The van der Waals surface area contributed by atoms with E-state index in [2.05, 4.69) is 0 Å². The lowest BCUT2D eigenvalue weighted by molar-refractivity contribution is -0.143. The highest BCUT2D eigenvalue weighted by Gasteiger charge is 2.74. The van der Waals surface area contributed by atoms with E-state index in [9.17, 15) is 18.3 Å². The minimum Gasteiger partial charge on any atom is -0.481 e. The lowest BCUT2D eigenvalue weighted by Crippen LogP contribution is -2.32. The van der Waals surface area contributed by atoms with Gasteiger partial charge < -0.3 is 10.8 Å². The summed E-state index contributed by atoms with van der Waals surface area (Å²) in [4.78, 5) is 11.6. The lowest BCUT2D eigenvalue weighted by Gasteiger charge is -2.09. The third-order valence-corrected chi connectivity index (χ3v) is 6.80. The highest BCUT2D eigenvalue weighted by atomic mass is 32.2. The number of rotatable bonds is 6. The third kappa shape index (κ3) is 2.36. The number of aryl methyl sites for hydroxylation is 1. The molecule has 5 nitrogen and oxygen atoms in total. The largest absolute Gasteiger partial charge is 0.481 e. The Balaban J connectivity index is 2.47. The molecule has 1 saturated carbocycles. The Kier molecular flexibility index (Phi) is 4.13. The van der Waals surface area contributed by atoms with Crippen LogP contribution in [0.3, 0.4) is 0 Å². The summed E-state index contributed by atoms with van der Waals surface area (Å²) < 4.78 is 24.5. The summed E-state index contributed by atoms with van der Waals surface area (Å²) in [5, 5.41) is 8.60. The van der Waals surface area contributed by atoms with Crippen LogP contribution >= 0.6 is 0 Å². The number of carboxylic acid groups (broad SMARTS) is 1. The van der Waals surface area contributed by atoms with Crippen molar-refractivity contribution >= 4 is 15.8 Å². The van der Waals surface area contributed by atoms with Crippen LogP contribution in [0.5, 0.6) is 0 Å². The Morgan fingerprint density at radius 3 is 2.24 bits per heavy atom. The summed E-state index contributed by atoms with van der Waals surface area (Å²) in [5.74, 6) is -1.76. The molecule has 6 heteroatoms.